The van der Waals surface area contributed by atoms with Crippen LogP contribution in [0.15, 0.2) is 53.4 Å². The number of carbonyl (C=O) groups is 1. The van der Waals surface area contributed by atoms with Crippen molar-refractivity contribution in [3.05, 3.63) is 65.5 Å². The second kappa shape index (κ2) is 8.61. The van der Waals surface area contributed by atoms with E-state index >= 15 is 0 Å². The third-order valence-electron chi connectivity index (χ3n) is 5.60. The standard InChI is InChI=1S/C21H25FN2O4S/c1-23-29(27,28)18-5-2-4-16(12-18)20(26)24-14-21(11-3-6-19(21)25)13-15-7-9-17(22)10-8-15/h2,4-5,7-10,12,19,23,25H,3,6,11,13-14H2,1H3,(H,24,26). The van der Waals surface area contributed by atoms with Crippen LogP contribution < -0.4 is 10.0 Å². The molecule has 1 amide bonds. The molecular weight excluding hydrogens is 395 g/mol. The van der Waals surface area contributed by atoms with Crippen molar-refractivity contribution in [2.75, 3.05) is 13.6 Å². The Morgan fingerprint density at radius 2 is 1.97 bits per heavy atom. The van der Waals surface area contributed by atoms with Crippen LogP contribution in [0.2, 0.25) is 0 Å². The summed E-state index contributed by atoms with van der Waals surface area (Å²) < 4.78 is 39.3. The molecule has 0 aromatic heterocycles. The van der Waals surface area contributed by atoms with Gasteiger partial charge < -0.3 is 10.4 Å². The van der Waals surface area contributed by atoms with Crippen molar-refractivity contribution in [1.82, 2.24) is 10.0 Å². The van der Waals surface area contributed by atoms with E-state index < -0.39 is 27.4 Å². The molecule has 0 heterocycles. The van der Waals surface area contributed by atoms with E-state index in [1.165, 1.54) is 37.4 Å². The van der Waals surface area contributed by atoms with Gasteiger partial charge in [0.15, 0.2) is 0 Å². The molecule has 0 spiro atoms. The molecule has 6 nitrogen and oxygen atoms in total. The molecule has 2 aromatic carbocycles. The lowest BCUT2D eigenvalue weighted by Gasteiger charge is -2.33. The maximum absolute atomic E-state index is 13.2. The first-order valence-electron chi connectivity index (χ1n) is 9.50. The molecule has 2 unspecified atom stereocenters. The van der Waals surface area contributed by atoms with E-state index in [9.17, 15) is 22.7 Å². The summed E-state index contributed by atoms with van der Waals surface area (Å²) in [6.45, 7) is 0.243. The van der Waals surface area contributed by atoms with Gasteiger partial charge in [0.1, 0.15) is 5.82 Å². The van der Waals surface area contributed by atoms with Crippen LogP contribution >= 0.6 is 0 Å². The number of halogens is 1. The van der Waals surface area contributed by atoms with Crippen LogP contribution in [0, 0.1) is 11.2 Å². The summed E-state index contributed by atoms with van der Waals surface area (Å²) >= 11 is 0. The lowest BCUT2D eigenvalue weighted by atomic mass is 9.78. The Kier molecular flexibility index (Phi) is 6.36. The van der Waals surface area contributed by atoms with Crippen molar-refractivity contribution in [3.63, 3.8) is 0 Å². The average Bonchev–Trinajstić information content (AvgIpc) is 3.08. The van der Waals surface area contributed by atoms with Crippen LogP contribution in [0.25, 0.3) is 0 Å². The highest BCUT2D eigenvalue weighted by molar-refractivity contribution is 7.89. The predicted molar refractivity (Wildman–Crippen MR) is 107 cm³/mol. The second-order valence-electron chi connectivity index (χ2n) is 7.49. The average molecular weight is 421 g/mol. The molecule has 0 radical (unpaired) electrons. The van der Waals surface area contributed by atoms with Gasteiger partial charge in [-0.25, -0.2) is 17.5 Å². The molecule has 3 rings (SSSR count). The van der Waals surface area contributed by atoms with Gasteiger partial charge in [0.05, 0.1) is 11.0 Å². The van der Waals surface area contributed by atoms with Gasteiger partial charge in [-0.05, 0) is 62.2 Å². The van der Waals surface area contributed by atoms with Gasteiger partial charge in [-0.1, -0.05) is 24.6 Å². The van der Waals surface area contributed by atoms with E-state index in [4.69, 9.17) is 0 Å². The van der Waals surface area contributed by atoms with E-state index in [0.29, 0.717) is 12.8 Å². The molecule has 0 bridgehead atoms. The summed E-state index contributed by atoms with van der Waals surface area (Å²) in [5.41, 5.74) is 0.580. The molecule has 1 fully saturated rings. The molecule has 1 aliphatic rings. The number of aliphatic hydroxyl groups is 1. The number of sulfonamides is 1. The number of aliphatic hydroxyl groups excluding tert-OH is 1. The Morgan fingerprint density at radius 1 is 1.24 bits per heavy atom. The monoisotopic (exact) mass is 420 g/mol. The molecule has 8 heteroatoms. The summed E-state index contributed by atoms with van der Waals surface area (Å²) in [6.07, 6.45) is 2.16. The minimum absolute atomic E-state index is 0.00887. The van der Waals surface area contributed by atoms with E-state index in [-0.39, 0.29) is 22.8 Å². The largest absolute Gasteiger partial charge is 0.392 e. The van der Waals surface area contributed by atoms with Gasteiger partial charge in [0.25, 0.3) is 5.91 Å². The number of hydrogen-bond acceptors (Lipinski definition) is 4. The topological polar surface area (TPSA) is 95.5 Å². The smallest absolute Gasteiger partial charge is 0.251 e. The fraction of sp³-hybridized carbons (Fsp3) is 0.381. The first-order valence-corrected chi connectivity index (χ1v) is 11.0. The molecule has 2 aromatic rings. The molecule has 29 heavy (non-hydrogen) atoms. The number of hydrogen-bond donors (Lipinski definition) is 3. The van der Waals surface area contributed by atoms with Crippen LogP contribution in [-0.2, 0) is 16.4 Å². The molecule has 0 saturated heterocycles. The predicted octanol–water partition coefficient (Wildman–Crippen LogP) is 2.24. The Bertz CT molecular complexity index is 978. The van der Waals surface area contributed by atoms with E-state index in [1.807, 2.05) is 0 Å². The van der Waals surface area contributed by atoms with Gasteiger partial charge in [-0.3, -0.25) is 4.79 Å². The second-order valence-corrected chi connectivity index (χ2v) is 9.38. The van der Waals surface area contributed by atoms with E-state index in [1.54, 1.807) is 18.2 Å². The lowest BCUT2D eigenvalue weighted by molar-refractivity contribution is 0.0500. The van der Waals surface area contributed by atoms with Crippen LogP contribution in [0.4, 0.5) is 4.39 Å². The SMILES string of the molecule is CNS(=O)(=O)c1cccc(C(=O)NCC2(Cc3ccc(F)cc3)CCCC2O)c1. The molecule has 1 aliphatic carbocycles. The highest BCUT2D eigenvalue weighted by atomic mass is 32.2. The number of nitrogens with one attached hydrogen (secondary N) is 2. The van der Waals surface area contributed by atoms with Crippen molar-refractivity contribution in [2.45, 2.75) is 36.7 Å². The fourth-order valence-electron chi connectivity index (χ4n) is 3.88. The maximum Gasteiger partial charge on any atom is 0.251 e. The van der Waals surface area contributed by atoms with Crippen molar-refractivity contribution in [3.8, 4) is 0 Å². The highest BCUT2D eigenvalue weighted by Gasteiger charge is 2.42. The third-order valence-corrected chi connectivity index (χ3v) is 7.02. The molecule has 3 N–H and O–H groups in total. The van der Waals surface area contributed by atoms with Gasteiger partial charge >= 0.3 is 0 Å². The van der Waals surface area contributed by atoms with Crippen LogP contribution in [0.5, 0.6) is 0 Å². The number of amides is 1. The molecule has 1 saturated carbocycles. The maximum atomic E-state index is 13.2. The highest BCUT2D eigenvalue weighted by Crippen LogP contribution is 2.41. The summed E-state index contributed by atoms with van der Waals surface area (Å²) in [4.78, 5) is 12.7. The van der Waals surface area contributed by atoms with Crippen LogP contribution in [-0.4, -0.2) is 39.1 Å². The van der Waals surface area contributed by atoms with Gasteiger partial charge in [0.2, 0.25) is 10.0 Å². The van der Waals surface area contributed by atoms with Gasteiger partial charge in [0, 0.05) is 17.5 Å². The van der Waals surface area contributed by atoms with Crippen molar-refractivity contribution in [1.29, 1.82) is 0 Å². The van der Waals surface area contributed by atoms with Crippen molar-refractivity contribution in [2.24, 2.45) is 5.41 Å². The summed E-state index contributed by atoms with van der Waals surface area (Å²) in [5.74, 6) is -0.727. The Hall–Kier alpha value is -2.29. The lowest BCUT2D eigenvalue weighted by Crippen LogP contribution is -2.44. The van der Waals surface area contributed by atoms with Gasteiger partial charge in [-0.15, -0.1) is 0 Å². The Labute approximate surface area is 170 Å². The molecular formula is C21H25FN2O4S. The van der Waals surface area contributed by atoms with Crippen LogP contribution in [0.3, 0.4) is 0 Å². The quantitative estimate of drug-likeness (QED) is 0.640. The number of benzene rings is 2. The number of rotatable bonds is 7. The Balaban J connectivity index is 1.75. The fourth-order valence-corrected chi connectivity index (χ4v) is 4.66. The first-order chi connectivity index (χ1) is 13.8. The van der Waals surface area contributed by atoms with Crippen LogP contribution in [0.1, 0.15) is 35.2 Å². The molecule has 0 aliphatic heterocycles. The van der Waals surface area contributed by atoms with Crippen molar-refractivity contribution < 1.29 is 22.7 Å². The first kappa shape index (κ1) is 21.4. The molecule has 2 atom stereocenters. The zero-order valence-electron chi connectivity index (χ0n) is 16.2. The summed E-state index contributed by atoms with van der Waals surface area (Å²) in [6, 6.07) is 11.9. The normalized spacial score (nSPS) is 21.8. The van der Waals surface area contributed by atoms with E-state index in [0.717, 1.165) is 18.4 Å². The third kappa shape index (κ3) is 4.83. The Morgan fingerprint density at radius 3 is 2.59 bits per heavy atom. The van der Waals surface area contributed by atoms with Crippen molar-refractivity contribution >= 4 is 15.9 Å². The zero-order valence-corrected chi connectivity index (χ0v) is 17.0. The van der Waals surface area contributed by atoms with E-state index in [2.05, 4.69) is 10.0 Å². The zero-order chi connectivity index (χ0) is 21.1. The van der Waals surface area contributed by atoms with Gasteiger partial charge in [-0.2, -0.15) is 0 Å². The summed E-state index contributed by atoms with van der Waals surface area (Å²) in [5, 5.41) is 13.5. The molecule has 156 valence electrons. The summed E-state index contributed by atoms with van der Waals surface area (Å²) in [7, 11) is -2.34. The number of carbonyl (C=O) groups excluding carboxylic acids is 1. The minimum atomic E-state index is -3.65. The minimum Gasteiger partial charge on any atom is -0.392 e.